The van der Waals surface area contributed by atoms with Gasteiger partial charge in [0, 0.05) is 4.47 Å². The molecule has 9 heteroatoms. The average Bonchev–Trinajstić information content (AvgIpc) is 2.93. The molecule has 0 radical (unpaired) electrons. The molecule has 29 heavy (non-hydrogen) atoms. The Kier molecular flexibility index (Phi) is 6.26. The fourth-order valence-electron chi connectivity index (χ4n) is 4.04. The van der Waals surface area contributed by atoms with E-state index in [4.69, 9.17) is 4.74 Å². The average molecular weight is 466 g/mol. The summed E-state index contributed by atoms with van der Waals surface area (Å²) in [6.45, 7) is 1.49. The van der Waals surface area contributed by atoms with Crippen LogP contribution in [0.1, 0.15) is 44.2 Å². The molecule has 1 heterocycles. The molecule has 2 aliphatic rings. The van der Waals surface area contributed by atoms with Gasteiger partial charge in [0.2, 0.25) is 5.91 Å². The fraction of sp³-hybridized carbons (Fsp3) is 0.500. The molecule has 156 valence electrons. The van der Waals surface area contributed by atoms with Crippen molar-refractivity contribution >= 4 is 39.7 Å². The zero-order valence-corrected chi connectivity index (χ0v) is 18.0. The van der Waals surface area contributed by atoms with E-state index in [0.29, 0.717) is 12.0 Å². The molecular formula is C20H24BrN3O5. The molecular weight excluding hydrogens is 442 g/mol. The Bertz CT molecular complexity index is 828. The van der Waals surface area contributed by atoms with Gasteiger partial charge in [0.25, 0.3) is 5.91 Å². The van der Waals surface area contributed by atoms with Crippen LogP contribution in [0.4, 0.5) is 4.79 Å². The topological polar surface area (TPSA) is 105 Å². The van der Waals surface area contributed by atoms with Gasteiger partial charge in [-0.3, -0.25) is 14.5 Å². The van der Waals surface area contributed by atoms with Crippen LogP contribution < -0.4 is 10.6 Å². The Labute approximate surface area is 177 Å². The molecule has 3 rings (SSSR count). The number of halogens is 1. The van der Waals surface area contributed by atoms with E-state index in [-0.39, 0.29) is 11.8 Å². The van der Waals surface area contributed by atoms with Gasteiger partial charge < -0.3 is 15.4 Å². The van der Waals surface area contributed by atoms with E-state index in [1.165, 1.54) is 7.11 Å². The number of ether oxygens (including phenoxy) is 1. The molecule has 2 N–H and O–H groups in total. The first-order chi connectivity index (χ1) is 13.8. The van der Waals surface area contributed by atoms with Crippen LogP contribution in [-0.4, -0.2) is 47.9 Å². The van der Waals surface area contributed by atoms with Gasteiger partial charge in [-0.15, -0.1) is 0 Å². The molecule has 3 unspecified atom stereocenters. The minimum atomic E-state index is -1.04. The van der Waals surface area contributed by atoms with Crippen LogP contribution in [0.5, 0.6) is 0 Å². The van der Waals surface area contributed by atoms with E-state index < -0.39 is 36.0 Å². The van der Waals surface area contributed by atoms with E-state index in [1.54, 1.807) is 24.3 Å². The number of rotatable bonds is 5. The summed E-state index contributed by atoms with van der Waals surface area (Å²) < 4.78 is 5.61. The highest BCUT2D eigenvalue weighted by molar-refractivity contribution is 9.10. The summed E-state index contributed by atoms with van der Waals surface area (Å²) in [6.07, 6.45) is 3.28. The Balaban J connectivity index is 1.73. The van der Waals surface area contributed by atoms with Crippen LogP contribution >= 0.6 is 15.9 Å². The number of methoxy groups -OCH3 is 1. The molecule has 0 bridgehead atoms. The van der Waals surface area contributed by atoms with Crippen LogP contribution in [0.2, 0.25) is 0 Å². The number of carbonyl (C=O) groups excluding carboxylic acids is 4. The van der Waals surface area contributed by atoms with Crippen molar-refractivity contribution in [3.63, 3.8) is 0 Å². The van der Waals surface area contributed by atoms with Crippen LogP contribution in [0, 0.1) is 5.92 Å². The largest absolute Gasteiger partial charge is 0.467 e. The molecule has 0 aromatic heterocycles. The molecule has 3 atom stereocenters. The van der Waals surface area contributed by atoms with Crippen molar-refractivity contribution < 1.29 is 23.9 Å². The second-order valence-corrected chi connectivity index (χ2v) is 8.43. The number of benzene rings is 1. The molecule has 1 aliphatic carbocycles. The van der Waals surface area contributed by atoms with E-state index in [2.05, 4.69) is 26.6 Å². The van der Waals surface area contributed by atoms with Crippen LogP contribution in [0.25, 0.3) is 0 Å². The van der Waals surface area contributed by atoms with Crippen molar-refractivity contribution in [2.24, 2.45) is 5.92 Å². The lowest BCUT2D eigenvalue weighted by molar-refractivity contribution is -0.145. The molecule has 1 saturated heterocycles. The van der Waals surface area contributed by atoms with Crippen molar-refractivity contribution in [2.75, 3.05) is 13.7 Å². The third-order valence-corrected chi connectivity index (χ3v) is 6.28. The highest BCUT2D eigenvalue weighted by Crippen LogP contribution is 2.38. The van der Waals surface area contributed by atoms with Gasteiger partial charge in [-0.2, -0.15) is 0 Å². The number of nitrogens with one attached hydrogen (secondary N) is 2. The van der Waals surface area contributed by atoms with Gasteiger partial charge in [-0.25, -0.2) is 9.59 Å². The second kappa shape index (κ2) is 8.52. The van der Waals surface area contributed by atoms with Crippen molar-refractivity contribution in [1.29, 1.82) is 0 Å². The number of hydrogen-bond donors (Lipinski definition) is 2. The summed E-state index contributed by atoms with van der Waals surface area (Å²) in [5.74, 6) is -1.63. The Hall–Kier alpha value is -2.42. The minimum Gasteiger partial charge on any atom is -0.467 e. The lowest BCUT2D eigenvalue weighted by Gasteiger charge is -2.36. The zero-order valence-electron chi connectivity index (χ0n) is 16.4. The molecule has 1 aromatic carbocycles. The minimum absolute atomic E-state index is 0.00587. The van der Waals surface area contributed by atoms with E-state index in [1.807, 2.05) is 6.92 Å². The lowest BCUT2D eigenvalue weighted by Crippen LogP contribution is -2.54. The SMILES string of the molecule is COC(=O)C(NC(=O)CN1C(=O)NC2(CCCCC2C)C1=O)c1ccc(Br)cc1. The van der Waals surface area contributed by atoms with Crippen LogP contribution in [0.3, 0.4) is 0 Å². The summed E-state index contributed by atoms with van der Waals surface area (Å²) in [4.78, 5) is 51.2. The van der Waals surface area contributed by atoms with Gasteiger partial charge >= 0.3 is 12.0 Å². The first-order valence-electron chi connectivity index (χ1n) is 9.55. The van der Waals surface area contributed by atoms with E-state index in [0.717, 1.165) is 28.6 Å². The summed E-state index contributed by atoms with van der Waals surface area (Å²) in [5.41, 5.74) is -0.397. The molecule has 4 amide bonds. The monoisotopic (exact) mass is 465 g/mol. The Morgan fingerprint density at radius 3 is 2.62 bits per heavy atom. The maximum atomic E-state index is 13.0. The third kappa shape index (κ3) is 4.14. The van der Waals surface area contributed by atoms with Crippen molar-refractivity contribution in [2.45, 2.75) is 44.2 Å². The number of nitrogens with zero attached hydrogens (tertiary/aromatic N) is 1. The number of carbonyl (C=O) groups is 4. The van der Waals surface area contributed by atoms with Crippen molar-refractivity contribution in [3.8, 4) is 0 Å². The smallest absolute Gasteiger partial charge is 0.333 e. The maximum Gasteiger partial charge on any atom is 0.333 e. The number of esters is 1. The van der Waals surface area contributed by atoms with Gasteiger partial charge in [0.05, 0.1) is 7.11 Å². The quantitative estimate of drug-likeness (QED) is 0.512. The molecule has 1 saturated carbocycles. The Morgan fingerprint density at radius 2 is 2.00 bits per heavy atom. The second-order valence-electron chi connectivity index (χ2n) is 7.51. The summed E-state index contributed by atoms with van der Waals surface area (Å²) in [6, 6.07) is 5.23. The normalized spacial score (nSPS) is 24.9. The van der Waals surface area contributed by atoms with Gasteiger partial charge in [-0.05, 0) is 36.5 Å². The zero-order chi connectivity index (χ0) is 21.2. The summed E-state index contributed by atoms with van der Waals surface area (Å²) >= 11 is 3.32. The maximum absolute atomic E-state index is 13.0. The standard InChI is InChI=1S/C20H24BrN3O5/c1-12-5-3-4-10-20(12)18(27)24(19(28)23-20)11-15(25)22-16(17(26)29-2)13-6-8-14(21)9-7-13/h6-9,12,16H,3-5,10-11H2,1-2H3,(H,22,25)(H,23,28). The summed E-state index contributed by atoms with van der Waals surface area (Å²) in [7, 11) is 1.23. The molecule has 1 aromatic rings. The number of urea groups is 1. The van der Waals surface area contributed by atoms with E-state index in [9.17, 15) is 19.2 Å². The highest BCUT2D eigenvalue weighted by Gasteiger charge is 2.55. The first kappa shape index (κ1) is 21.3. The molecule has 1 aliphatic heterocycles. The van der Waals surface area contributed by atoms with Crippen molar-refractivity contribution in [1.82, 2.24) is 15.5 Å². The number of hydrogen-bond acceptors (Lipinski definition) is 5. The fourth-order valence-corrected chi connectivity index (χ4v) is 4.30. The van der Waals surface area contributed by atoms with Crippen molar-refractivity contribution in [3.05, 3.63) is 34.3 Å². The summed E-state index contributed by atoms with van der Waals surface area (Å²) in [5, 5.41) is 5.38. The predicted molar refractivity (Wildman–Crippen MR) is 108 cm³/mol. The number of imide groups is 1. The first-order valence-corrected chi connectivity index (χ1v) is 10.3. The highest BCUT2D eigenvalue weighted by atomic mass is 79.9. The molecule has 2 fully saturated rings. The molecule has 1 spiro atoms. The Morgan fingerprint density at radius 1 is 1.31 bits per heavy atom. The van der Waals surface area contributed by atoms with E-state index >= 15 is 0 Å². The molecule has 8 nitrogen and oxygen atoms in total. The predicted octanol–water partition coefficient (Wildman–Crippen LogP) is 2.28. The van der Waals surface area contributed by atoms with Crippen LogP contribution in [-0.2, 0) is 19.1 Å². The van der Waals surface area contributed by atoms with Gasteiger partial charge in [0.1, 0.15) is 12.1 Å². The lowest BCUT2D eigenvalue weighted by atomic mass is 9.73. The third-order valence-electron chi connectivity index (χ3n) is 5.75. The van der Waals surface area contributed by atoms with Gasteiger partial charge in [0.15, 0.2) is 6.04 Å². The van der Waals surface area contributed by atoms with Gasteiger partial charge in [-0.1, -0.05) is 47.8 Å². The van der Waals surface area contributed by atoms with Crippen LogP contribution in [0.15, 0.2) is 28.7 Å². The number of amides is 4.